The molecule has 1 aromatic rings. The third-order valence-electron chi connectivity index (χ3n) is 2.17. The van der Waals surface area contributed by atoms with E-state index >= 15 is 0 Å². The zero-order valence-corrected chi connectivity index (χ0v) is 11.9. The standard InChI is InChI=1S/C12H17BrN2O3/c1-17-7-8-18-6-2-5-14-12(16)10-3-4-11(13)15-9-10/h3-4,9H,2,5-8H2,1H3,(H,14,16). The minimum absolute atomic E-state index is 0.119. The van der Waals surface area contributed by atoms with Crippen LogP contribution in [0.15, 0.2) is 22.9 Å². The summed E-state index contributed by atoms with van der Waals surface area (Å²) in [5.74, 6) is -0.119. The number of aromatic nitrogens is 1. The maximum absolute atomic E-state index is 11.7. The molecule has 0 aliphatic rings. The largest absolute Gasteiger partial charge is 0.382 e. The van der Waals surface area contributed by atoms with Gasteiger partial charge in [-0.3, -0.25) is 4.79 Å². The lowest BCUT2D eigenvalue weighted by atomic mass is 10.2. The highest BCUT2D eigenvalue weighted by molar-refractivity contribution is 9.10. The average molecular weight is 317 g/mol. The molecule has 1 heterocycles. The van der Waals surface area contributed by atoms with Crippen molar-refractivity contribution in [3.8, 4) is 0 Å². The van der Waals surface area contributed by atoms with E-state index in [9.17, 15) is 4.79 Å². The normalized spacial score (nSPS) is 10.3. The van der Waals surface area contributed by atoms with Crippen LogP contribution in [0.2, 0.25) is 0 Å². The minimum Gasteiger partial charge on any atom is -0.382 e. The predicted octanol–water partition coefficient (Wildman–Crippen LogP) is 1.63. The van der Waals surface area contributed by atoms with Crippen molar-refractivity contribution in [2.24, 2.45) is 0 Å². The summed E-state index contributed by atoms with van der Waals surface area (Å²) in [5.41, 5.74) is 0.554. The summed E-state index contributed by atoms with van der Waals surface area (Å²) in [6.07, 6.45) is 2.31. The molecule has 0 radical (unpaired) electrons. The first kappa shape index (κ1) is 15.1. The van der Waals surface area contributed by atoms with Crippen LogP contribution in [0.3, 0.4) is 0 Å². The molecule has 0 saturated carbocycles. The first-order valence-electron chi connectivity index (χ1n) is 5.70. The molecule has 0 unspecified atom stereocenters. The Hall–Kier alpha value is -0.980. The SMILES string of the molecule is COCCOCCCNC(=O)c1ccc(Br)nc1. The molecule has 100 valence electrons. The number of carbonyl (C=O) groups is 1. The zero-order chi connectivity index (χ0) is 13.2. The topological polar surface area (TPSA) is 60.5 Å². The molecular weight excluding hydrogens is 300 g/mol. The Morgan fingerprint density at radius 3 is 2.89 bits per heavy atom. The number of nitrogens with one attached hydrogen (secondary N) is 1. The highest BCUT2D eigenvalue weighted by Gasteiger charge is 2.04. The molecule has 5 nitrogen and oxygen atoms in total. The van der Waals surface area contributed by atoms with E-state index in [1.165, 1.54) is 6.20 Å². The van der Waals surface area contributed by atoms with Crippen LogP contribution in [-0.4, -0.2) is 44.4 Å². The molecule has 1 amide bonds. The Labute approximate surface area is 115 Å². The van der Waals surface area contributed by atoms with Gasteiger partial charge >= 0.3 is 0 Å². The van der Waals surface area contributed by atoms with Crippen molar-refractivity contribution in [3.63, 3.8) is 0 Å². The molecule has 0 fully saturated rings. The third-order valence-corrected chi connectivity index (χ3v) is 2.64. The van der Waals surface area contributed by atoms with Crippen molar-refractivity contribution in [2.75, 3.05) is 33.5 Å². The van der Waals surface area contributed by atoms with Crippen LogP contribution >= 0.6 is 15.9 Å². The van der Waals surface area contributed by atoms with Crippen LogP contribution in [0.4, 0.5) is 0 Å². The van der Waals surface area contributed by atoms with E-state index < -0.39 is 0 Å². The van der Waals surface area contributed by atoms with Gasteiger partial charge in [0.15, 0.2) is 0 Å². The van der Waals surface area contributed by atoms with Crippen molar-refractivity contribution in [3.05, 3.63) is 28.5 Å². The monoisotopic (exact) mass is 316 g/mol. The lowest BCUT2D eigenvalue weighted by Crippen LogP contribution is -2.25. The summed E-state index contributed by atoms with van der Waals surface area (Å²) < 4.78 is 10.8. The Bertz CT molecular complexity index is 357. The zero-order valence-electron chi connectivity index (χ0n) is 10.3. The summed E-state index contributed by atoms with van der Waals surface area (Å²) in [5, 5.41) is 2.80. The lowest BCUT2D eigenvalue weighted by molar-refractivity contribution is 0.0688. The number of methoxy groups -OCH3 is 1. The molecule has 1 aromatic heterocycles. The summed E-state index contributed by atoms with van der Waals surface area (Å²) in [4.78, 5) is 15.7. The van der Waals surface area contributed by atoms with Gasteiger partial charge in [0.1, 0.15) is 4.60 Å². The maximum Gasteiger partial charge on any atom is 0.252 e. The van der Waals surface area contributed by atoms with Gasteiger partial charge in [0.25, 0.3) is 5.91 Å². The van der Waals surface area contributed by atoms with E-state index in [-0.39, 0.29) is 5.91 Å². The van der Waals surface area contributed by atoms with Crippen LogP contribution in [0, 0.1) is 0 Å². The number of rotatable bonds is 8. The van der Waals surface area contributed by atoms with Crippen LogP contribution in [0.25, 0.3) is 0 Å². The van der Waals surface area contributed by atoms with E-state index in [1.54, 1.807) is 19.2 Å². The number of carbonyl (C=O) groups excluding carboxylic acids is 1. The Morgan fingerprint density at radius 1 is 1.39 bits per heavy atom. The second-order valence-electron chi connectivity index (χ2n) is 3.58. The molecule has 1 rings (SSSR count). The molecule has 1 N–H and O–H groups in total. The molecule has 0 aromatic carbocycles. The first-order valence-corrected chi connectivity index (χ1v) is 6.50. The summed E-state index contributed by atoms with van der Waals surface area (Å²) in [7, 11) is 1.63. The van der Waals surface area contributed by atoms with Gasteiger partial charge < -0.3 is 14.8 Å². The Kier molecular flexibility index (Phi) is 7.55. The molecule has 18 heavy (non-hydrogen) atoms. The molecular formula is C12H17BrN2O3. The number of nitrogens with zero attached hydrogens (tertiary/aromatic N) is 1. The van der Waals surface area contributed by atoms with E-state index in [0.717, 1.165) is 6.42 Å². The molecule has 0 aliphatic heterocycles. The van der Waals surface area contributed by atoms with Gasteiger partial charge in [-0.1, -0.05) is 0 Å². The van der Waals surface area contributed by atoms with E-state index in [2.05, 4.69) is 26.2 Å². The third kappa shape index (κ3) is 6.09. The Morgan fingerprint density at radius 2 is 2.22 bits per heavy atom. The van der Waals surface area contributed by atoms with Crippen molar-refractivity contribution >= 4 is 21.8 Å². The van der Waals surface area contributed by atoms with Gasteiger partial charge in [-0.05, 0) is 34.5 Å². The maximum atomic E-state index is 11.7. The second-order valence-corrected chi connectivity index (χ2v) is 4.40. The molecule has 0 spiro atoms. The highest BCUT2D eigenvalue weighted by atomic mass is 79.9. The number of pyridine rings is 1. The van der Waals surface area contributed by atoms with Crippen LogP contribution < -0.4 is 5.32 Å². The van der Waals surface area contributed by atoms with Gasteiger partial charge in [-0.2, -0.15) is 0 Å². The number of amides is 1. The number of hydrogen-bond acceptors (Lipinski definition) is 4. The smallest absolute Gasteiger partial charge is 0.252 e. The second kappa shape index (κ2) is 9.02. The van der Waals surface area contributed by atoms with Gasteiger partial charge in [-0.15, -0.1) is 0 Å². The van der Waals surface area contributed by atoms with Crippen LogP contribution in [-0.2, 0) is 9.47 Å². The van der Waals surface area contributed by atoms with Crippen molar-refractivity contribution in [1.29, 1.82) is 0 Å². The number of hydrogen-bond donors (Lipinski definition) is 1. The summed E-state index contributed by atoms with van der Waals surface area (Å²) >= 11 is 3.22. The fourth-order valence-electron chi connectivity index (χ4n) is 1.23. The lowest BCUT2D eigenvalue weighted by Gasteiger charge is -2.06. The fourth-order valence-corrected chi connectivity index (χ4v) is 1.47. The fraction of sp³-hybridized carbons (Fsp3) is 0.500. The molecule has 6 heteroatoms. The van der Waals surface area contributed by atoms with Crippen LogP contribution in [0.1, 0.15) is 16.8 Å². The molecule has 0 aliphatic carbocycles. The van der Waals surface area contributed by atoms with Crippen molar-refractivity contribution in [2.45, 2.75) is 6.42 Å². The molecule has 0 atom stereocenters. The first-order chi connectivity index (χ1) is 8.74. The predicted molar refractivity (Wildman–Crippen MR) is 71.6 cm³/mol. The van der Waals surface area contributed by atoms with Crippen LogP contribution in [0.5, 0.6) is 0 Å². The number of ether oxygens (including phenoxy) is 2. The van der Waals surface area contributed by atoms with E-state index in [1.807, 2.05) is 0 Å². The average Bonchev–Trinajstić information content (AvgIpc) is 2.38. The van der Waals surface area contributed by atoms with Gasteiger partial charge in [-0.25, -0.2) is 4.98 Å². The Balaban J connectivity index is 2.12. The van der Waals surface area contributed by atoms with Gasteiger partial charge in [0, 0.05) is 26.5 Å². The number of halogens is 1. The van der Waals surface area contributed by atoms with Crippen molar-refractivity contribution < 1.29 is 14.3 Å². The quantitative estimate of drug-likeness (QED) is 0.585. The van der Waals surface area contributed by atoms with Crippen molar-refractivity contribution in [1.82, 2.24) is 10.3 Å². The highest BCUT2D eigenvalue weighted by Crippen LogP contribution is 2.05. The molecule has 0 saturated heterocycles. The summed E-state index contributed by atoms with van der Waals surface area (Å²) in [6, 6.07) is 3.46. The minimum atomic E-state index is -0.119. The molecule has 0 bridgehead atoms. The van der Waals surface area contributed by atoms with Gasteiger partial charge in [0.05, 0.1) is 18.8 Å². The summed E-state index contributed by atoms with van der Waals surface area (Å²) in [6.45, 7) is 2.38. The van der Waals surface area contributed by atoms with Gasteiger partial charge in [0.2, 0.25) is 0 Å². The van der Waals surface area contributed by atoms with E-state index in [4.69, 9.17) is 9.47 Å². The van der Waals surface area contributed by atoms with E-state index in [0.29, 0.717) is 36.5 Å².